The van der Waals surface area contributed by atoms with Gasteiger partial charge >= 0.3 is 6.30 Å². The van der Waals surface area contributed by atoms with Gasteiger partial charge in [-0.25, -0.2) is 13.4 Å². The Morgan fingerprint density at radius 3 is 2.24 bits per heavy atom. The van der Waals surface area contributed by atoms with Gasteiger partial charge in [0.05, 0.1) is 16.3 Å². The SMILES string of the molecule is CC(=O)Nc1nc(-c2ccc(N(C(F)(F)F)S(=O)(=O)c3ccccc3)cc2)cs1. The molecule has 1 amide bonds. The van der Waals surface area contributed by atoms with E-state index in [-0.39, 0.29) is 5.91 Å². The maximum Gasteiger partial charge on any atom is 0.498 e. The zero-order valence-electron chi connectivity index (χ0n) is 14.8. The Bertz CT molecular complexity index is 1110. The summed E-state index contributed by atoms with van der Waals surface area (Å²) in [5, 5.41) is 4.49. The molecule has 0 bridgehead atoms. The summed E-state index contributed by atoms with van der Waals surface area (Å²) in [5.41, 5.74) is 0.359. The molecule has 0 spiro atoms. The number of carbonyl (C=O) groups is 1. The minimum atomic E-state index is -5.16. The van der Waals surface area contributed by atoms with Crippen molar-refractivity contribution in [2.45, 2.75) is 18.1 Å². The Morgan fingerprint density at radius 1 is 1.07 bits per heavy atom. The number of rotatable bonds is 5. The van der Waals surface area contributed by atoms with Gasteiger partial charge in [-0.1, -0.05) is 30.3 Å². The van der Waals surface area contributed by atoms with Crippen molar-refractivity contribution in [2.24, 2.45) is 0 Å². The third-order valence-electron chi connectivity index (χ3n) is 3.70. The number of nitrogens with zero attached hydrogens (tertiary/aromatic N) is 2. The number of thiazole rings is 1. The van der Waals surface area contributed by atoms with E-state index in [1.165, 1.54) is 37.3 Å². The molecule has 1 heterocycles. The molecule has 1 N–H and O–H groups in total. The van der Waals surface area contributed by atoms with Crippen LogP contribution in [0.5, 0.6) is 0 Å². The van der Waals surface area contributed by atoms with Crippen molar-refractivity contribution in [3.05, 3.63) is 60.0 Å². The number of carbonyl (C=O) groups excluding carboxylic acids is 1. The topological polar surface area (TPSA) is 79.4 Å². The molecule has 6 nitrogen and oxygen atoms in total. The summed E-state index contributed by atoms with van der Waals surface area (Å²) in [6, 6.07) is 11.2. The Morgan fingerprint density at radius 2 is 1.69 bits per heavy atom. The van der Waals surface area contributed by atoms with Crippen LogP contribution < -0.4 is 9.62 Å². The standard InChI is InChI=1S/C18H14F3N3O3S2/c1-12(25)22-17-23-16(11-28-17)13-7-9-14(10-8-13)24(18(19,20)21)29(26,27)15-5-3-2-4-6-15/h2-11H,1H3,(H,22,23,25). The third-order valence-corrected chi connectivity index (χ3v) is 6.22. The van der Waals surface area contributed by atoms with Gasteiger partial charge in [-0.15, -0.1) is 24.5 Å². The molecule has 1 aromatic heterocycles. The van der Waals surface area contributed by atoms with E-state index < -0.39 is 31.2 Å². The lowest BCUT2D eigenvalue weighted by atomic mass is 10.1. The van der Waals surface area contributed by atoms with E-state index >= 15 is 0 Å². The Kier molecular flexibility index (Phi) is 5.62. The van der Waals surface area contributed by atoms with Gasteiger partial charge in [0.15, 0.2) is 5.13 Å². The van der Waals surface area contributed by atoms with E-state index in [2.05, 4.69) is 10.3 Å². The normalized spacial score (nSPS) is 11.9. The minimum absolute atomic E-state index is 0.298. The highest BCUT2D eigenvalue weighted by Crippen LogP contribution is 2.36. The highest BCUT2D eigenvalue weighted by atomic mass is 32.2. The molecule has 0 aliphatic rings. The monoisotopic (exact) mass is 441 g/mol. The summed E-state index contributed by atoms with van der Waals surface area (Å²) in [6.07, 6.45) is -5.16. The van der Waals surface area contributed by atoms with E-state index in [4.69, 9.17) is 0 Å². The van der Waals surface area contributed by atoms with Crippen molar-refractivity contribution in [1.82, 2.24) is 4.98 Å². The first-order valence-corrected chi connectivity index (χ1v) is 10.4. The van der Waals surface area contributed by atoms with Gasteiger partial charge in [0.1, 0.15) is 0 Å². The van der Waals surface area contributed by atoms with Crippen LogP contribution in [0.2, 0.25) is 0 Å². The van der Waals surface area contributed by atoms with E-state index in [0.717, 1.165) is 35.6 Å². The average Bonchev–Trinajstić information content (AvgIpc) is 3.09. The second-order valence-electron chi connectivity index (χ2n) is 5.82. The van der Waals surface area contributed by atoms with E-state index in [9.17, 15) is 26.4 Å². The summed E-state index contributed by atoms with van der Waals surface area (Å²) >= 11 is 1.16. The number of nitrogens with one attached hydrogen (secondary N) is 1. The van der Waals surface area contributed by atoms with Gasteiger partial charge in [-0.3, -0.25) is 4.79 Å². The zero-order valence-corrected chi connectivity index (χ0v) is 16.5. The van der Waals surface area contributed by atoms with Gasteiger partial charge in [0.25, 0.3) is 10.0 Å². The highest BCUT2D eigenvalue weighted by molar-refractivity contribution is 7.92. The quantitative estimate of drug-likeness (QED) is 0.592. The first kappa shape index (κ1) is 20.8. The fourth-order valence-electron chi connectivity index (χ4n) is 2.50. The number of benzene rings is 2. The van der Waals surface area contributed by atoms with Crippen LogP contribution in [0.25, 0.3) is 11.3 Å². The largest absolute Gasteiger partial charge is 0.498 e. The van der Waals surface area contributed by atoms with E-state index in [1.807, 2.05) is 0 Å². The predicted octanol–water partition coefficient (Wildman–Crippen LogP) is 4.48. The van der Waals surface area contributed by atoms with Crippen LogP contribution >= 0.6 is 11.3 Å². The predicted molar refractivity (Wildman–Crippen MR) is 104 cm³/mol. The number of alkyl halides is 3. The first-order valence-electron chi connectivity index (χ1n) is 8.10. The van der Waals surface area contributed by atoms with Crippen LogP contribution in [-0.2, 0) is 14.8 Å². The second-order valence-corrected chi connectivity index (χ2v) is 8.46. The summed E-state index contributed by atoms with van der Waals surface area (Å²) in [5.74, 6) is -0.298. The van der Waals surface area contributed by atoms with Crippen LogP contribution in [-0.4, -0.2) is 25.6 Å². The smallest absolute Gasteiger partial charge is 0.302 e. The molecule has 0 aliphatic carbocycles. The van der Waals surface area contributed by atoms with Crippen molar-refractivity contribution < 1.29 is 26.4 Å². The van der Waals surface area contributed by atoms with Gasteiger partial charge < -0.3 is 5.32 Å². The highest BCUT2D eigenvalue weighted by Gasteiger charge is 2.46. The number of hydrogen-bond acceptors (Lipinski definition) is 5. The number of aromatic nitrogens is 1. The van der Waals surface area contributed by atoms with Gasteiger partial charge in [-0.05, 0) is 24.3 Å². The molecule has 11 heteroatoms. The summed E-state index contributed by atoms with van der Waals surface area (Å²) in [7, 11) is -4.85. The molecule has 0 aliphatic heterocycles. The van der Waals surface area contributed by atoms with Crippen LogP contribution in [0.1, 0.15) is 6.92 Å². The number of anilines is 2. The summed E-state index contributed by atoms with van der Waals surface area (Å²) in [4.78, 5) is 14.8. The number of halogens is 3. The van der Waals surface area contributed by atoms with Gasteiger partial charge in [-0.2, -0.15) is 4.31 Å². The molecular weight excluding hydrogens is 427 g/mol. The molecule has 29 heavy (non-hydrogen) atoms. The van der Waals surface area contributed by atoms with Crippen LogP contribution in [0, 0.1) is 0 Å². The summed E-state index contributed by atoms with van der Waals surface area (Å²) in [6.45, 7) is 1.33. The zero-order chi connectivity index (χ0) is 21.2. The number of hydrogen-bond donors (Lipinski definition) is 1. The molecule has 0 unspecified atom stereocenters. The lowest BCUT2D eigenvalue weighted by molar-refractivity contribution is -0.116. The summed E-state index contributed by atoms with van der Waals surface area (Å²) < 4.78 is 65.5. The van der Waals surface area contributed by atoms with Crippen molar-refractivity contribution in [3.8, 4) is 11.3 Å². The number of amides is 1. The number of sulfonamides is 1. The van der Waals surface area contributed by atoms with Crippen molar-refractivity contribution in [3.63, 3.8) is 0 Å². The molecule has 0 saturated heterocycles. The Hall–Kier alpha value is -2.92. The molecule has 152 valence electrons. The van der Waals surface area contributed by atoms with Crippen molar-refractivity contribution >= 4 is 38.1 Å². The molecule has 2 aromatic carbocycles. The fourth-order valence-corrected chi connectivity index (χ4v) is 4.65. The average molecular weight is 441 g/mol. The van der Waals surface area contributed by atoms with Crippen LogP contribution in [0.3, 0.4) is 0 Å². The first-order chi connectivity index (χ1) is 13.6. The fraction of sp³-hybridized carbons (Fsp3) is 0.111. The Labute approximate surface area is 168 Å². The molecule has 0 atom stereocenters. The maximum atomic E-state index is 13.6. The lowest BCUT2D eigenvalue weighted by Gasteiger charge is -2.26. The molecule has 3 aromatic rings. The lowest BCUT2D eigenvalue weighted by Crippen LogP contribution is -2.42. The van der Waals surface area contributed by atoms with E-state index in [1.54, 1.807) is 5.38 Å². The molecule has 0 fully saturated rings. The molecule has 0 saturated carbocycles. The molecule has 3 rings (SSSR count). The molecular formula is C18H14F3N3O3S2. The van der Waals surface area contributed by atoms with Gasteiger partial charge in [0, 0.05) is 17.9 Å². The van der Waals surface area contributed by atoms with Gasteiger partial charge in [0.2, 0.25) is 5.91 Å². The minimum Gasteiger partial charge on any atom is -0.302 e. The van der Waals surface area contributed by atoms with Crippen molar-refractivity contribution in [1.29, 1.82) is 0 Å². The Balaban J connectivity index is 1.97. The second kappa shape index (κ2) is 7.84. The van der Waals surface area contributed by atoms with E-state index in [0.29, 0.717) is 16.4 Å². The van der Waals surface area contributed by atoms with Crippen LogP contribution in [0.15, 0.2) is 64.9 Å². The van der Waals surface area contributed by atoms with Crippen molar-refractivity contribution in [2.75, 3.05) is 9.62 Å². The maximum absolute atomic E-state index is 13.6. The molecule has 0 radical (unpaired) electrons. The van der Waals surface area contributed by atoms with Crippen LogP contribution in [0.4, 0.5) is 24.0 Å². The third kappa shape index (κ3) is 4.57.